The first kappa shape index (κ1) is 22.5. The Labute approximate surface area is 195 Å². The lowest BCUT2D eigenvalue weighted by molar-refractivity contribution is 0.0987. The third-order valence-corrected chi connectivity index (χ3v) is 5.91. The maximum atomic E-state index is 13.2. The molecule has 4 nitrogen and oxygen atoms in total. The lowest BCUT2D eigenvalue weighted by Crippen LogP contribution is -2.32. The largest absolute Gasteiger partial charge is 0.508 e. The Morgan fingerprint density at radius 2 is 1.48 bits per heavy atom. The number of phenolic OH excluding ortho intramolecular Hbond substituents is 1. The van der Waals surface area contributed by atoms with E-state index in [9.17, 15) is 14.7 Å². The van der Waals surface area contributed by atoms with Crippen LogP contribution < -0.4 is 0 Å². The first-order valence-corrected chi connectivity index (χ1v) is 11.3. The van der Waals surface area contributed by atoms with Crippen molar-refractivity contribution in [2.45, 2.75) is 34.1 Å². The zero-order chi connectivity index (χ0) is 23.8. The Bertz CT molecular complexity index is 1200. The maximum absolute atomic E-state index is 13.2. The molecule has 2 aromatic carbocycles. The van der Waals surface area contributed by atoms with Crippen LogP contribution in [-0.2, 0) is 0 Å². The van der Waals surface area contributed by atoms with Crippen molar-refractivity contribution in [2.75, 3.05) is 6.54 Å². The van der Waals surface area contributed by atoms with Crippen molar-refractivity contribution in [2.24, 2.45) is 5.41 Å². The fourth-order valence-corrected chi connectivity index (χ4v) is 4.30. The van der Waals surface area contributed by atoms with Crippen LogP contribution in [0.3, 0.4) is 0 Å². The highest BCUT2D eigenvalue weighted by molar-refractivity contribution is 6.40. The number of Topliss-reactive ketones (excluding diaryl/α,β-unsaturated/α-hetero) is 2. The van der Waals surface area contributed by atoms with Crippen molar-refractivity contribution in [3.63, 3.8) is 0 Å². The summed E-state index contributed by atoms with van der Waals surface area (Å²) in [7, 11) is 0. The molecular formula is C29H29NO3. The molecule has 0 saturated heterocycles. The predicted molar refractivity (Wildman–Crippen MR) is 132 cm³/mol. The average Bonchev–Trinajstić information content (AvgIpc) is 3.04. The first-order valence-electron chi connectivity index (χ1n) is 11.3. The van der Waals surface area contributed by atoms with E-state index >= 15 is 0 Å². The number of rotatable bonds is 4. The number of aromatic hydroxyl groups is 1. The Kier molecular flexibility index (Phi) is 5.94. The van der Waals surface area contributed by atoms with E-state index in [1.807, 2.05) is 36.4 Å². The van der Waals surface area contributed by atoms with E-state index in [-0.39, 0.29) is 28.3 Å². The number of benzene rings is 2. The quantitative estimate of drug-likeness (QED) is 0.447. The number of phenols is 1. The molecule has 0 bridgehead atoms. The van der Waals surface area contributed by atoms with Gasteiger partial charge in [0, 0.05) is 34.5 Å². The SMILES string of the molecule is CCCN1C(/C=C/c2ccc(O)cc2)=CC(=C2C(=O)c3ccccc3C2=O)C=C1C(C)(C)C. The summed E-state index contributed by atoms with van der Waals surface area (Å²) >= 11 is 0. The summed E-state index contributed by atoms with van der Waals surface area (Å²) in [6, 6.07) is 14.0. The van der Waals surface area contributed by atoms with Crippen LogP contribution >= 0.6 is 0 Å². The van der Waals surface area contributed by atoms with E-state index in [4.69, 9.17) is 0 Å². The third-order valence-electron chi connectivity index (χ3n) is 5.91. The molecule has 33 heavy (non-hydrogen) atoms. The van der Waals surface area contributed by atoms with Gasteiger partial charge in [0.1, 0.15) is 5.75 Å². The van der Waals surface area contributed by atoms with Crippen molar-refractivity contribution in [1.29, 1.82) is 0 Å². The first-order chi connectivity index (χ1) is 15.7. The van der Waals surface area contributed by atoms with Gasteiger partial charge in [-0.3, -0.25) is 9.59 Å². The second kappa shape index (κ2) is 8.70. The second-order valence-corrected chi connectivity index (χ2v) is 9.46. The Hall–Kier alpha value is -3.66. The lowest BCUT2D eigenvalue weighted by Gasteiger charge is -2.38. The van der Waals surface area contributed by atoms with Crippen molar-refractivity contribution >= 4 is 17.6 Å². The molecule has 0 radical (unpaired) electrons. The van der Waals surface area contributed by atoms with Crippen molar-refractivity contribution in [3.8, 4) is 5.75 Å². The summed E-state index contributed by atoms with van der Waals surface area (Å²) in [6.45, 7) is 9.38. The van der Waals surface area contributed by atoms with E-state index in [1.54, 1.807) is 36.4 Å². The maximum Gasteiger partial charge on any atom is 0.198 e. The van der Waals surface area contributed by atoms with Crippen molar-refractivity contribution in [1.82, 2.24) is 4.90 Å². The number of carbonyl (C=O) groups excluding carboxylic acids is 2. The molecule has 168 valence electrons. The summed E-state index contributed by atoms with van der Waals surface area (Å²) in [5.74, 6) is -0.200. The Balaban J connectivity index is 1.87. The van der Waals surface area contributed by atoms with E-state index in [0.717, 1.165) is 29.9 Å². The molecule has 1 heterocycles. The zero-order valence-corrected chi connectivity index (χ0v) is 19.6. The molecule has 0 spiro atoms. The van der Waals surface area contributed by atoms with Crippen LogP contribution in [0.25, 0.3) is 6.08 Å². The topological polar surface area (TPSA) is 57.6 Å². The molecule has 0 unspecified atom stereocenters. The summed E-state index contributed by atoms with van der Waals surface area (Å²) in [5.41, 5.74) is 4.60. The van der Waals surface area contributed by atoms with Gasteiger partial charge in [-0.25, -0.2) is 0 Å². The van der Waals surface area contributed by atoms with Crippen molar-refractivity contribution < 1.29 is 14.7 Å². The highest BCUT2D eigenvalue weighted by Crippen LogP contribution is 2.39. The summed E-state index contributed by atoms with van der Waals surface area (Å²) in [4.78, 5) is 28.7. The molecule has 4 rings (SSSR count). The monoisotopic (exact) mass is 439 g/mol. The molecule has 0 atom stereocenters. The van der Waals surface area contributed by atoms with Gasteiger partial charge in [-0.05, 0) is 47.9 Å². The number of allylic oxidation sites excluding steroid dienone is 6. The van der Waals surface area contributed by atoms with E-state index in [0.29, 0.717) is 16.7 Å². The van der Waals surface area contributed by atoms with Gasteiger partial charge in [0.25, 0.3) is 0 Å². The van der Waals surface area contributed by atoms with Gasteiger partial charge < -0.3 is 10.0 Å². The zero-order valence-electron chi connectivity index (χ0n) is 19.6. The van der Waals surface area contributed by atoms with Gasteiger partial charge in [-0.1, -0.05) is 70.2 Å². The molecule has 2 aromatic rings. The molecule has 0 saturated carbocycles. The van der Waals surface area contributed by atoms with Gasteiger partial charge in [-0.2, -0.15) is 0 Å². The minimum atomic E-state index is -0.211. The Morgan fingerprint density at radius 3 is 2.03 bits per heavy atom. The van der Waals surface area contributed by atoms with Crippen LogP contribution in [0.1, 0.15) is 60.4 Å². The number of fused-ring (bicyclic) bond motifs is 1. The van der Waals surface area contributed by atoms with Crippen LogP contribution in [0.2, 0.25) is 0 Å². The molecule has 0 amide bonds. The molecular weight excluding hydrogens is 410 g/mol. The van der Waals surface area contributed by atoms with Gasteiger partial charge in [0.05, 0.1) is 5.57 Å². The summed E-state index contributed by atoms with van der Waals surface area (Å²) in [5, 5.41) is 9.57. The van der Waals surface area contributed by atoms with Crippen LogP contribution in [0, 0.1) is 5.41 Å². The van der Waals surface area contributed by atoms with Gasteiger partial charge in [0.2, 0.25) is 0 Å². The summed E-state index contributed by atoms with van der Waals surface area (Å²) in [6.07, 6.45) is 8.89. The standard InChI is InChI=1S/C29H29NO3/c1-5-16-30-21(13-10-19-11-14-22(31)15-12-19)17-20(18-25(30)29(2,3)4)26-27(32)23-8-6-7-9-24(23)28(26)33/h6-15,17-18,31H,5,16H2,1-4H3/b13-10+. The molecule has 2 aliphatic rings. The number of nitrogens with zero attached hydrogens (tertiary/aromatic N) is 1. The van der Waals surface area contributed by atoms with E-state index < -0.39 is 0 Å². The normalized spacial score (nSPS) is 16.4. The molecule has 0 fully saturated rings. The number of hydrogen-bond donors (Lipinski definition) is 1. The lowest BCUT2D eigenvalue weighted by atomic mass is 9.85. The molecule has 1 aliphatic heterocycles. The molecule has 0 aromatic heterocycles. The Morgan fingerprint density at radius 1 is 0.879 bits per heavy atom. The minimum Gasteiger partial charge on any atom is -0.508 e. The third kappa shape index (κ3) is 4.34. The number of hydrogen-bond acceptors (Lipinski definition) is 4. The van der Waals surface area contributed by atoms with Gasteiger partial charge in [-0.15, -0.1) is 0 Å². The highest BCUT2D eigenvalue weighted by Gasteiger charge is 2.36. The minimum absolute atomic E-state index is 0.190. The van der Waals surface area contributed by atoms with E-state index in [2.05, 4.69) is 32.6 Å². The van der Waals surface area contributed by atoms with Crippen LogP contribution in [0.4, 0.5) is 0 Å². The van der Waals surface area contributed by atoms with Gasteiger partial charge >= 0.3 is 0 Å². The summed E-state index contributed by atoms with van der Waals surface area (Å²) < 4.78 is 0. The van der Waals surface area contributed by atoms with Gasteiger partial charge in [0.15, 0.2) is 11.6 Å². The highest BCUT2D eigenvalue weighted by atomic mass is 16.3. The predicted octanol–water partition coefficient (Wildman–Crippen LogP) is 6.32. The average molecular weight is 440 g/mol. The number of carbonyl (C=O) groups is 2. The van der Waals surface area contributed by atoms with Crippen LogP contribution in [0.15, 0.2) is 89.3 Å². The fraction of sp³-hybridized carbons (Fsp3) is 0.241. The molecule has 4 heteroatoms. The van der Waals surface area contributed by atoms with Crippen LogP contribution in [0.5, 0.6) is 5.75 Å². The smallest absolute Gasteiger partial charge is 0.198 e. The van der Waals surface area contributed by atoms with Crippen molar-refractivity contribution in [3.05, 3.63) is 106 Å². The fourth-order valence-electron chi connectivity index (χ4n) is 4.30. The molecule has 1 aliphatic carbocycles. The number of ketones is 2. The van der Waals surface area contributed by atoms with E-state index in [1.165, 1.54) is 0 Å². The van der Waals surface area contributed by atoms with Crippen LogP contribution in [-0.4, -0.2) is 28.1 Å². The second-order valence-electron chi connectivity index (χ2n) is 9.46. The molecule has 1 N–H and O–H groups in total.